The number of fused-ring (bicyclic) bond motifs is 1. The van der Waals surface area contributed by atoms with Crippen molar-refractivity contribution in [1.29, 1.82) is 0 Å². The summed E-state index contributed by atoms with van der Waals surface area (Å²) < 4.78 is 47.8. The van der Waals surface area contributed by atoms with Crippen molar-refractivity contribution in [1.82, 2.24) is 5.32 Å². The summed E-state index contributed by atoms with van der Waals surface area (Å²) in [4.78, 5) is 0. The Bertz CT molecular complexity index is 479. The van der Waals surface area contributed by atoms with Gasteiger partial charge in [0.25, 0.3) is 0 Å². The van der Waals surface area contributed by atoms with Crippen LogP contribution in [0.1, 0.15) is 24.4 Å². The standard InChI is InChI=1S/C13H15ClF3NO2/c1-18-10(2-3-13(15,16)17)8-6-11-12(7-9(8)14)20-5-4-19-11/h6-7,10,18H,2-5H2,1H3. The van der Waals surface area contributed by atoms with Gasteiger partial charge in [0.2, 0.25) is 0 Å². The largest absolute Gasteiger partial charge is 0.486 e. The van der Waals surface area contributed by atoms with E-state index in [0.29, 0.717) is 35.3 Å². The predicted octanol–water partition coefficient (Wildman–Crippen LogP) is 3.71. The fraction of sp³-hybridized carbons (Fsp3) is 0.538. The third-order valence-corrected chi connectivity index (χ3v) is 3.43. The second-order valence-electron chi connectivity index (χ2n) is 4.51. The van der Waals surface area contributed by atoms with Crippen molar-refractivity contribution in [2.45, 2.75) is 25.1 Å². The zero-order chi connectivity index (χ0) is 14.8. The summed E-state index contributed by atoms with van der Waals surface area (Å²) in [5.41, 5.74) is 0.586. The van der Waals surface area contributed by atoms with E-state index >= 15 is 0 Å². The SMILES string of the molecule is CNC(CCC(F)(F)F)c1cc2c(cc1Cl)OCCO2. The van der Waals surface area contributed by atoms with Gasteiger partial charge in [-0.05, 0) is 25.1 Å². The number of rotatable bonds is 4. The maximum absolute atomic E-state index is 12.3. The lowest BCUT2D eigenvalue weighted by atomic mass is 10.0. The quantitative estimate of drug-likeness (QED) is 0.919. The highest BCUT2D eigenvalue weighted by Crippen LogP contribution is 2.39. The van der Waals surface area contributed by atoms with Crippen LogP contribution in [0.2, 0.25) is 5.02 Å². The summed E-state index contributed by atoms with van der Waals surface area (Å²) in [5.74, 6) is 1.04. The van der Waals surface area contributed by atoms with Crippen LogP contribution in [0.15, 0.2) is 12.1 Å². The second-order valence-corrected chi connectivity index (χ2v) is 4.92. The minimum Gasteiger partial charge on any atom is -0.486 e. The molecule has 0 radical (unpaired) electrons. The molecule has 0 saturated carbocycles. The van der Waals surface area contributed by atoms with Crippen molar-refractivity contribution in [3.05, 3.63) is 22.7 Å². The van der Waals surface area contributed by atoms with Crippen LogP contribution in [0.3, 0.4) is 0 Å². The van der Waals surface area contributed by atoms with E-state index in [1.165, 1.54) is 0 Å². The lowest BCUT2D eigenvalue weighted by Crippen LogP contribution is -2.21. The van der Waals surface area contributed by atoms with E-state index in [4.69, 9.17) is 21.1 Å². The third-order valence-electron chi connectivity index (χ3n) is 3.10. The van der Waals surface area contributed by atoms with E-state index in [0.717, 1.165) is 0 Å². The highest BCUT2D eigenvalue weighted by molar-refractivity contribution is 6.31. The first kappa shape index (κ1) is 15.3. The van der Waals surface area contributed by atoms with Gasteiger partial charge in [0.15, 0.2) is 11.5 Å². The average Bonchev–Trinajstić information content (AvgIpc) is 2.38. The van der Waals surface area contributed by atoms with Crippen molar-refractivity contribution in [2.75, 3.05) is 20.3 Å². The number of ether oxygens (including phenoxy) is 2. The zero-order valence-corrected chi connectivity index (χ0v) is 11.6. The first-order chi connectivity index (χ1) is 9.40. The van der Waals surface area contributed by atoms with Crippen LogP contribution in [-0.4, -0.2) is 26.4 Å². The molecule has 2 rings (SSSR count). The molecule has 0 aliphatic carbocycles. The Hall–Kier alpha value is -1.14. The van der Waals surface area contributed by atoms with Gasteiger partial charge in [-0.2, -0.15) is 13.2 Å². The number of alkyl halides is 3. The van der Waals surface area contributed by atoms with Crippen LogP contribution < -0.4 is 14.8 Å². The van der Waals surface area contributed by atoms with Crippen molar-refractivity contribution in [3.8, 4) is 11.5 Å². The summed E-state index contributed by atoms with van der Waals surface area (Å²) >= 11 is 6.13. The Morgan fingerprint density at radius 2 is 1.85 bits per heavy atom. The molecule has 112 valence electrons. The summed E-state index contributed by atoms with van der Waals surface area (Å²) in [6.45, 7) is 0.854. The Morgan fingerprint density at radius 1 is 1.25 bits per heavy atom. The Labute approximate surface area is 120 Å². The molecule has 1 heterocycles. The molecule has 1 aliphatic rings. The molecule has 1 N–H and O–H groups in total. The van der Waals surface area contributed by atoms with Gasteiger partial charge in [-0.15, -0.1) is 0 Å². The molecule has 0 bridgehead atoms. The highest BCUT2D eigenvalue weighted by Gasteiger charge is 2.29. The number of hydrogen-bond donors (Lipinski definition) is 1. The topological polar surface area (TPSA) is 30.5 Å². The van der Waals surface area contributed by atoms with Crippen molar-refractivity contribution < 1.29 is 22.6 Å². The maximum Gasteiger partial charge on any atom is 0.389 e. The Morgan fingerprint density at radius 3 is 2.40 bits per heavy atom. The molecule has 0 saturated heterocycles. The van der Waals surface area contributed by atoms with E-state index in [1.807, 2.05) is 0 Å². The van der Waals surface area contributed by atoms with Gasteiger partial charge in [-0.3, -0.25) is 0 Å². The predicted molar refractivity (Wildman–Crippen MR) is 69.5 cm³/mol. The molecule has 0 spiro atoms. The smallest absolute Gasteiger partial charge is 0.389 e. The number of nitrogens with one attached hydrogen (secondary N) is 1. The van der Waals surface area contributed by atoms with E-state index in [-0.39, 0.29) is 6.42 Å². The van der Waals surface area contributed by atoms with Crippen LogP contribution in [-0.2, 0) is 0 Å². The fourth-order valence-electron chi connectivity index (χ4n) is 2.11. The number of benzene rings is 1. The summed E-state index contributed by atoms with van der Waals surface area (Å²) in [5, 5.41) is 3.23. The molecule has 1 unspecified atom stereocenters. The number of halogens is 4. The Balaban J connectivity index is 2.20. The number of hydrogen-bond acceptors (Lipinski definition) is 3. The molecule has 0 aromatic heterocycles. The van der Waals surface area contributed by atoms with Gasteiger partial charge in [0, 0.05) is 23.6 Å². The minimum atomic E-state index is -4.19. The molecular weight excluding hydrogens is 295 g/mol. The molecule has 1 aliphatic heterocycles. The summed E-state index contributed by atoms with van der Waals surface area (Å²) in [6.07, 6.45) is -5.14. The van der Waals surface area contributed by atoms with Crippen LogP contribution >= 0.6 is 11.6 Å². The van der Waals surface area contributed by atoms with E-state index in [2.05, 4.69) is 5.32 Å². The van der Waals surface area contributed by atoms with Crippen LogP contribution in [0.4, 0.5) is 13.2 Å². The zero-order valence-electron chi connectivity index (χ0n) is 10.9. The van der Waals surface area contributed by atoms with Gasteiger partial charge >= 0.3 is 6.18 Å². The van der Waals surface area contributed by atoms with Crippen molar-refractivity contribution in [2.24, 2.45) is 0 Å². The first-order valence-electron chi connectivity index (χ1n) is 6.24. The van der Waals surface area contributed by atoms with Gasteiger partial charge in [0.1, 0.15) is 13.2 Å². The van der Waals surface area contributed by atoms with Gasteiger partial charge in [-0.1, -0.05) is 11.6 Å². The van der Waals surface area contributed by atoms with Crippen LogP contribution in [0.5, 0.6) is 11.5 Å². The normalized spacial score (nSPS) is 16.1. The molecule has 7 heteroatoms. The molecule has 3 nitrogen and oxygen atoms in total. The van der Waals surface area contributed by atoms with E-state index in [1.54, 1.807) is 19.2 Å². The minimum absolute atomic E-state index is 0.0840. The summed E-state index contributed by atoms with van der Waals surface area (Å²) in [7, 11) is 1.61. The van der Waals surface area contributed by atoms with Crippen molar-refractivity contribution >= 4 is 11.6 Å². The molecule has 1 aromatic rings. The molecule has 20 heavy (non-hydrogen) atoms. The van der Waals surface area contributed by atoms with Crippen molar-refractivity contribution in [3.63, 3.8) is 0 Å². The lowest BCUT2D eigenvalue weighted by molar-refractivity contribution is -0.136. The molecule has 0 amide bonds. The highest BCUT2D eigenvalue weighted by atomic mass is 35.5. The van der Waals surface area contributed by atoms with E-state index < -0.39 is 18.6 Å². The first-order valence-corrected chi connectivity index (χ1v) is 6.61. The summed E-state index contributed by atoms with van der Waals surface area (Å²) in [6, 6.07) is 2.75. The fourth-order valence-corrected chi connectivity index (χ4v) is 2.40. The van der Waals surface area contributed by atoms with Gasteiger partial charge in [0.05, 0.1) is 0 Å². The second kappa shape index (κ2) is 6.10. The molecule has 0 fully saturated rings. The monoisotopic (exact) mass is 309 g/mol. The Kier molecular flexibility index (Phi) is 4.65. The molecular formula is C13H15ClF3NO2. The third kappa shape index (κ3) is 3.70. The maximum atomic E-state index is 12.3. The van der Waals surface area contributed by atoms with Crippen LogP contribution in [0.25, 0.3) is 0 Å². The lowest BCUT2D eigenvalue weighted by Gasteiger charge is -2.23. The van der Waals surface area contributed by atoms with Crippen LogP contribution in [0, 0.1) is 0 Å². The average molecular weight is 310 g/mol. The van der Waals surface area contributed by atoms with E-state index in [9.17, 15) is 13.2 Å². The molecule has 1 aromatic carbocycles. The van der Waals surface area contributed by atoms with Gasteiger partial charge < -0.3 is 14.8 Å². The molecule has 1 atom stereocenters. The van der Waals surface area contributed by atoms with Gasteiger partial charge in [-0.25, -0.2) is 0 Å².